The van der Waals surface area contributed by atoms with E-state index >= 15 is 0 Å². The smallest absolute Gasteiger partial charge is 0.0414 e. The first kappa shape index (κ1) is 100. The van der Waals surface area contributed by atoms with E-state index in [0.717, 1.165) is 5.92 Å². The molecule has 0 amide bonds. The number of unbranched alkanes of at least 4 members (excludes halogenated alkanes) is 80. The van der Waals surface area contributed by atoms with Crippen molar-refractivity contribution >= 4 is 0 Å². The summed E-state index contributed by atoms with van der Waals surface area (Å²) in [4.78, 5) is 0. The number of hydrogen-bond donors (Lipinski definition) is 0. The molecule has 0 aromatic rings. The van der Waals surface area contributed by atoms with Gasteiger partial charge in [0.2, 0.25) is 0 Å². The van der Waals surface area contributed by atoms with Gasteiger partial charge in [0.25, 0.3) is 0 Å². The summed E-state index contributed by atoms with van der Waals surface area (Å²) in [6.07, 6.45) is 130. The first-order valence-corrected chi connectivity index (χ1v) is 47.7. The molecule has 582 valence electrons. The standard InChI is InChI=1S/C36H74.C35H72.C25H52/c1-3-5-7-9-11-13-15-17-19-21-23-25-27-29-31-33-35-36-34-32-30-28-26-24-22-20-18-16-14-12-10-8-6-4-2;1-3-5-7-9-11-13-15-17-19-21-23-25-27-29-31-33-35-34-32-30-28-26-24-22-20-18-16-14-12-10-8-6-4-2;1-4-7-10-13-16-19-22-25(23-20-17-14-11-8-5-2)24-21-18-15-12-9-6-3/h3-36H2,1-2H3;3-35H2,1-2H3;25H,4-24H2,1-3H3. The average molecular weight is 1350 g/mol. The fraction of sp³-hybridized carbons (Fsp3) is 1.00. The summed E-state index contributed by atoms with van der Waals surface area (Å²) >= 11 is 0. The summed E-state index contributed by atoms with van der Waals surface area (Å²) in [7, 11) is 0. The Morgan fingerprint density at radius 1 is 0.0833 bits per heavy atom. The van der Waals surface area contributed by atoms with Crippen LogP contribution in [-0.2, 0) is 0 Å². The van der Waals surface area contributed by atoms with Crippen LogP contribution >= 0.6 is 0 Å². The van der Waals surface area contributed by atoms with E-state index in [1.165, 1.54) is 565 Å². The molecule has 0 spiro atoms. The van der Waals surface area contributed by atoms with Crippen LogP contribution in [0.1, 0.15) is 613 Å². The third-order valence-corrected chi connectivity index (χ3v) is 22.6. The van der Waals surface area contributed by atoms with Crippen molar-refractivity contribution in [2.75, 3.05) is 0 Å². The summed E-state index contributed by atoms with van der Waals surface area (Å²) in [6, 6.07) is 0. The Morgan fingerprint density at radius 3 is 0.219 bits per heavy atom. The highest BCUT2D eigenvalue weighted by molar-refractivity contribution is 4.63. The van der Waals surface area contributed by atoms with Crippen LogP contribution in [0.3, 0.4) is 0 Å². The van der Waals surface area contributed by atoms with Crippen LogP contribution < -0.4 is 0 Å². The second kappa shape index (κ2) is 101. The lowest BCUT2D eigenvalue weighted by atomic mass is 9.89. The Morgan fingerprint density at radius 2 is 0.146 bits per heavy atom. The van der Waals surface area contributed by atoms with Crippen LogP contribution in [0.2, 0.25) is 0 Å². The minimum atomic E-state index is 1.04. The molecule has 0 heteroatoms. The van der Waals surface area contributed by atoms with E-state index in [9.17, 15) is 0 Å². The Balaban J connectivity index is -0.00000138. The third kappa shape index (κ3) is 103. The monoisotopic (exact) mass is 1350 g/mol. The van der Waals surface area contributed by atoms with Gasteiger partial charge in [-0.15, -0.1) is 0 Å². The molecule has 0 aliphatic carbocycles. The molecule has 0 fully saturated rings. The molecule has 0 aromatic carbocycles. The van der Waals surface area contributed by atoms with Crippen molar-refractivity contribution in [3.8, 4) is 0 Å². The Bertz CT molecular complexity index is 1080. The van der Waals surface area contributed by atoms with Crippen molar-refractivity contribution < 1.29 is 0 Å². The Hall–Kier alpha value is 0. The molecule has 0 rings (SSSR count). The van der Waals surface area contributed by atoms with E-state index in [2.05, 4.69) is 48.5 Å². The van der Waals surface area contributed by atoms with E-state index in [1.807, 2.05) is 0 Å². The van der Waals surface area contributed by atoms with E-state index in [4.69, 9.17) is 0 Å². The summed E-state index contributed by atoms with van der Waals surface area (Å²) in [5.74, 6) is 1.04. The van der Waals surface area contributed by atoms with Gasteiger partial charge in [0, 0.05) is 0 Å². The normalized spacial score (nSPS) is 11.5. The van der Waals surface area contributed by atoms with Crippen molar-refractivity contribution in [1.82, 2.24) is 0 Å². The summed E-state index contributed by atoms with van der Waals surface area (Å²) < 4.78 is 0. The molecule has 0 atom stereocenters. The van der Waals surface area contributed by atoms with Crippen molar-refractivity contribution in [3.63, 3.8) is 0 Å². The summed E-state index contributed by atoms with van der Waals surface area (Å²) in [5.41, 5.74) is 0. The molecule has 0 nitrogen and oxygen atoms in total. The maximum absolute atomic E-state index is 2.32. The largest absolute Gasteiger partial charge is 0.0654 e. The minimum Gasteiger partial charge on any atom is -0.0654 e. The second-order valence-electron chi connectivity index (χ2n) is 32.8. The van der Waals surface area contributed by atoms with Gasteiger partial charge in [-0.05, 0) is 5.92 Å². The Kier molecular flexibility index (Phi) is 106. The highest BCUT2D eigenvalue weighted by atomic mass is 14.2. The SMILES string of the molecule is CCCCCCCCC(CCCCCCCC)CCCCCCCC.CCCCCCCCCCCCCCCCCCCCCCCCCCCCCCCCCCC.CCCCCCCCCCCCCCCCCCCCCCCCCCCCCCCCCCCC. The lowest BCUT2D eigenvalue weighted by molar-refractivity contribution is 0.365. The minimum absolute atomic E-state index is 1.04. The van der Waals surface area contributed by atoms with Gasteiger partial charge in [0.05, 0.1) is 0 Å². The topological polar surface area (TPSA) is 0 Å². The van der Waals surface area contributed by atoms with Gasteiger partial charge >= 0.3 is 0 Å². The molecule has 96 heavy (non-hydrogen) atoms. The van der Waals surface area contributed by atoms with Crippen molar-refractivity contribution in [2.45, 2.75) is 613 Å². The van der Waals surface area contributed by atoms with Gasteiger partial charge in [-0.25, -0.2) is 0 Å². The molecule has 0 bridgehead atoms. The first-order valence-electron chi connectivity index (χ1n) is 47.7. The second-order valence-corrected chi connectivity index (χ2v) is 32.8. The molecule has 0 saturated heterocycles. The quantitative estimate of drug-likeness (QED) is 0.0533. The predicted molar refractivity (Wildman–Crippen MR) is 450 cm³/mol. The van der Waals surface area contributed by atoms with E-state index in [1.54, 1.807) is 0 Å². The average Bonchev–Trinajstić information content (AvgIpc) is 3.71. The van der Waals surface area contributed by atoms with Crippen molar-refractivity contribution in [3.05, 3.63) is 0 Å². The first-order chi connectivity index (χ1) is 47.7. The van der Waals surface area contributed by atoms with E-state index in [0.29, 0.717) is 0 Å². The van der Waals surface area contributed by atoms with Gasteiger partial charge in [0.15, 0.2) is 0 Å². The van der Waals surface area contributed by atoms with Gasteiger partial charge < -0.3 is 0 Å². The summed E-state index contributed by atoms with van der Waals surface area (Å²) in [6.45, 7) is 16.2. The highest BCUT2D eigenvalue weighted by Gasteiger charge is 2.09. The highest BCUT2D eigenvalue weighted by Crippen LogP contribution is 2.26. The Labute approximate surface area is 615 Å². The molecular formula is C96H198. The van der Waals surface area contributed by atoms with Gasteiger partial charge in [-0.3, -0.25) is 0 Å². The maximum Gasteiger partial charge on any atom is -0.0414 e. The van der Waals surface area contributed by atoms with Crippen LogP contribution in [0.25, 0.3) is 0 Å². The van der Waals surface area contributed by atoms with Gasteiger partial charge in [-0.2, -0.15) is 0 Å². The van der Waals surface area contributed by atoms with Gasteiger partial charge in [-0.1, -0.05) is 613 Å². The molecule has 0 saturated carbocycles. The molecule has 0 aromatic heterocycles. The lowest BCUT2D eigenvalue weighted by Gasteiger charge is -2.17. The maximum atomic E-state index is 2.32. The zero-order valence-corrected chi connectivity index (χ0v) is 69.8. The number of rotatable bonds is 86. The van der Waals surface area contributed by atoms with Crippen LogP contribution in [0, 0.1) is 5.92 Å². The fourth-order valence-electron chi connectivity index (χ4n) is 15.5. The van der Waals surface area contributed by atoms with Crippen molar-refractivity contribution in [2.24, 2.45) is 5.92 Å². The molecular weight excluding hydrogens is 1150 g/mol. The van der Waals surface area contributed by atoms with Crippen LogP contribution in [-0.4, -0.2) is 0 Å². The zero-order valence-electron chi connectivity index (χ0n) is 69.8. The molecule has 0 N–H and O–H groups in total. The molecule has 0 radical (unpaired) electrons. The zero-order chi connectivity index (χ0) is 69.8. The van der Waals surface area contributed by atoms with Crippen LogP contribution in [0.5, 0.6) is 0 Å². The van der Waals surface area contributed by atoms with E-state index in [-0.39, 0.29) is 0 Å². The van der Waals surface area contributed by atoms with Crippen molar-refractivity contribution in [1.29, 1.82) is 0 Å². The fourth-order valence-corrected chi connectivity index (χ4v) is 15.5. The third-order valence-electron chi connectivity index (χ3n) is 22.6. The molecule has 0 unspecified atom stereocenters. The predicted octanol–water partition coefficient (Wildman–Crippen LogP) is 38.0. The van der Waals surface area contributed by atoms with Crippen LogP contribution in [0.15, 0.2) is 0 Å². The molecule has 0 aliphatic heterocycles. The molecule has 0 heterocycles. The lowest BCUT2D eigenvalue weighted by Crippen LogP contribution is -2.01. The van der Waals surface area contributed by atoms with Crippen LogP contribution in [0.4, 0.5) is 0 Å². The van der Waals surface area contributed by atoms with E-state index < -0.39 is 0 Å². The number of hydrogen-bond acceptors (Lipinski definition) is 0. The van der Waals surface area contributed by atoms with Gasteiger partial charge in [0.1, 0.15) is 0 Å². The summed E-state index contributed by atoms with van der Waals surface area (Å²) in [5, 5.41) is 0. The molecule has 0 aliphatic rings.